The van der Waals surface area contributed by atoms with E-state index in [1.807, 2.05) is 13.8 Å². The van der Waals surface area contributed by atoms with Gasteiger partial charge in [-0.2, -0.15) is 0 Å². The van der Waals surface area contributed by atoms with Crippen molar-refractivity contribution in [2.24, 2.45) is 0 Å². The van der Waals surface area contributed by atoms with Crippen LogP contribution in [0.1, 0.15) is 24.2 Å². The predicted octanol–water partition coefficient (Wildman–Crippen LogP) is 1.65. The van der Waals surface area contributed by atoms with Gasteiger partial charge in [-0.15, -0.1) is 0 Å². The summed E-state index contributed by atoms with van der Waals surface area (Å²) in [5.41, 5.74) is 1.28. The minimum Gasteiger partial charge on any atom is -0.482 e. The molecule has 0 saturated heterocycles. The van der Waals surface area contributed by atoms with Gasteiger partial charge in [0.2, 0.25) is 11.8 Å². The average Bonchev–Trinajstić information content (AvgIpc) is 2.81. The molecule has 0 fully saturated rings. The Hall–Kier alpha value is -3.88. The molecule has 168 valence electrons. The lowest BCUT2D eigenvalue weighted by Gasteiger charge is -2.31. The molecule has 9 nitrogen and oxygen atoms in total. The zero-order valence-electron chi connectivity index (χ0n) is 18.1. The van der Waals surface area contributed by atoms with Crippen LogP contribution in [0.3, 0.4) is 0 Å². The van der Waals surface area contributed by atoms with E-state index in [1.54, 1.807) is 53.4 Å². The highest BCUT2D eigenvalue weighted by atomic mass is 16.5. The summed E-state index contributed by atoms with van der Waals surface area (Å²) in [4.78, 5) is 52.4. The third kappa shape index (κ3) is 5.42. The van der Waals surface area contributed by atoms with E-state index in [2.05, 4.69) is 10.6 Å². The Bertz CT molecular complexity index is 1000. The van der Waals surface area contributed by atoms with Crippen molar-refractivity contribution in [3.63, 3.8) is 0 Å². The number of nitrogens with zero attached hydrogens (tertiary/aromatic N) is 2. The van der Waals surface area contributed by atoms with Crippen molar-refractivity contribution in [3.8, 4) is 5.75 Å². The van der Waals surface area contributed by atoms with Crippen LogP contribution in [0.15, 0.2) is 48.5 Å². The molecule has 4 amide bonds. The molecule has 0 saturated carbocycles. The minimum atomic E-state index is -0.428. The van der Waals surface area contributed by atoms with Gasteiger partial charge >= 0.3 is 0 Å². The van der Waals surface area contributed by atoms with Crippen LogP contribution in [0.25, 0.3) is 0 Å². The molecule has 0 aliphatic carbocycles. The number of likely N-dealkylation sites (N-methyl/N-ethyl adjacent to an activating group) is 1. The molecule has 3 rings (SSSR count). The fourth-order valence-corrected chi connectivity index (χ4v) is 3.32. The maximum absolute atomic E-state index is 12.5. The van der Waals surface area contributed by atoms with Gasteiger partial charge in [-0.3, -0.25) is 24.1 Å². The van der Waals surface area contributed by atoms with Crippen LogP contribution in [0, 0.1) is 0 Å². The van der Waals surface area contributed by atoms with Gasteiger partial charge in [0, 0.05) is 24.3 Å². The Morgan fingerprint density at radius 1 is 1.06 bits per heavy atom. The van der Waals surface area contributed by atoms with E-state index in [-0.39, 0.29) is 37.4 Å². The highest BCUT2D eigenvalue weighted by Crippen LogP contribution is 2.34. The van der Waals surface area contributed by atoms with Crippen LogP contribution in [0.5, 0.6) is 5.75 Å². The molecular weight excluding hydrogens is 412 g/mol. The van der Waals surface area contributed by atoms with Gasteiger partial charge in [0.25, 0.3) is 11.8 Å². The van der Waals surface area contributed by atoms with E-state index >= 15 is 0 Å². The normalized spacial score (nSPS) is 12.4. The Morgan fingerprint density at radius 2 is 1.78 bits per heavy atom. The largest absolute Gasteiger partial charge is 0.482 e. The van der Waals surface area contributed by atoms with E-state index in [1.165, 1.54) is 4.90 Å². The number of anilines is 2. The van der Waals surface area contributed by atoms with Crippen molar-refractivity contribution >= 4 is 35.0 Å². The van der Waals surface area contributed by atoms with Crippen LogP contribution in [0.2, 0.25) is 0 Å². The number of hydrogen-bond donors (Lipinski definition) is 2. The second-order valence-electron chi connectivity index (χ2n) is 7.11. The second-order valence-corrected chi connectivity index (χ2v) is 7.11. The van der Waals surface area contributed by atoms with Crippen LogP contribution in [0.4, 0.5) is 11.4 Å². The summed E-state index contributed by atoms with van der Waals surface area (Å²) in [5, 5.41) is 5.25. The van der Waals surface area contributed by atoms with Gasteiger partial charge in [0.1, 0.15) is 12.3 Å². The Labute approximate surface area is 186 Å². The van der Waals surface area contributed by atoms with Gasteiger partial charge < -0.3 is 20.3 Å². The SMILES string of the molecule is CCN(CC)C(=O)CN1C(=O)COc2ccc(NC(=O)CNC(=O)c3ccccc3)cc21. The Morgan fingerprint density at radius 3 is 2.47 bits per heavy atom. The molecule has 2 aromatic carbocycles. The van der Waals surface area contributed by atoms with Gasteiger partial charge in [-0.05, 0) is 44.2 Å². The smallest absolute Gasteiger partial charge is 0.265 e. The highest BCUT2D eigenvalue weighted by Gasteiger charge is 2.29. The summed E-state index contributed by atoms with van der Waals surface area (Å²) < 4.78 is 5.46. The fraction of sp³-hybridized carbons (Fsp3) is 0.304. The summed E-state index contributed by atoms with van der Waals surface area (Å²) in [5.74, 6) is -0.840. The molecule has 0 bridgehead atoms. The van der Waals surface area contributed by atoms with Crippen LogP contribution in [-0.4, -0.2) is 61.3 Å². The molecule has 9 heteroatoms. The number of carbonyl (C=O) groups is 4. The van der Waals surface area contributed by atoms with Crippen molar-refractivity contribution < 1.29 is 23.9 Å². The average molecular weight is 438 g/mol. The zero-order chi connectivity index (χ0) is 23.1. The summed E-state index contributed by atoms with van der Waals surface area (Å²) in [6, 6.07) is 13.4. The van der Waals surface area contributed by atoms with Gasteiger partial charge in [0.15, 0.2) is 6.61 Å². The number of carbonyl (C=O) groups excluding carboxylic acids is 4. The molecule has 0 unspecified atom stereocenters. The number of nitrogens with one attached hydrogen (secondary N) is 2. The molecule has 1 aliphatic heterocycles. The number of ether oxygens (including phenoxy) is 1. The molecule has 0 aromatic heterocycles. The Balaban J connectivity index is 1.67. The van der Waals surface area contributed by atoms with Gasteiger partial charge in [-0.1, -0.05) is 18.2 Å². The first-order valence-electron chi connectivity index (χ1n) is 10.4. The first kappa shape index (κ1) is 22.8. The molecule has 0 spiro atoms. The van der Waals surface area contributed by atoms with E-state index in [0.29, 0.717) is 35.8 Å². The summed E-state index contributed by atoms with van der Waals surface area (Å²) in [7, 11) is 0. The summed E-state index contributed by atoms with van der Waals surface area (Å²) >= 11 is 0. The van der Waals surface area contributed by atoms with E-state index in [0.717, 1.165) is 0 Å². The standard InChI is InChI=1S/C23H26N4O5/c1-3-26(4-2)21(29)14-27-18-12-17(10-11-19(18)32-15-22(27)30)25-20(28)13-24-23(31)16-8-6-5-7-9-16/h5-12H,3-4,13-15H2,1-2H3,(H,24,31)(H,25,28). The second kappa shape index (κ2) is 10.4. The molecular formula is C23H26N4O5. The number of amides is 4. The van der Waals surface area contributed by atoms with Crippen molar-refractivity contribution in [3.05, 3.63) is 54.1 Å². The number of hydrogen-bond acceptors (Lipinski definition) is 5. The van der Waals surface area contributed by atoms with E-state index in [4.69, 9.17) is 4.74 Å². The first-order chi connectivity index (χ1) is 15.4. The van der Waals surface area contributed by atoms with Crippen LogP contribution >= 0.6 is 0 Å². The lowest BCUT2D eigenvalue weighted by molar-refractivity contribution is -0.131. The third-order valence-electron chi connectivity index (χ3n) is 5.04. The maximum Gasteiger partial charge on any atom is 0.265 e. The predicted molar refractivity (Wildman–Crippen MR) is 120 cm³/mol. The number of benzene rings is 2. The molecule has 2 aromatic rings. The molecule has 0 radical (unpaired) electrons. The van der Waals surface area contributed by atoms with Gasteiger partial charge in [-0.25, -0.2) is 0 Å². The van der Waals surface area contributed by atoms with Crippen LogP contribution < -0.4 is 20.3 Å². The summed E-state index contributed by atoms with van der Waals surface area (Å²) in [6.07, 6.45) is 0. The third-order valence-corrected chi connectivity index (χ3v) is 5.04. The molecule has 32 heavy (non-hydrogen) atoms. The van der Waals surface area contributed by atoms with E-state index in [9.17, 15) is 19.2 Å². The fourth-order valence-electron chi connectivity index (χ4n) is 3.32. The van der Waals surface area contributed by atoms with Crippen molar-refractivity contribution in [2.45, 2.75) is 13.8 Å². The lowest BCUT2D eigenvalue weighted by Crippen LogP contribution is -2.46. The Kier molecular flexibility index (Phi) is 7.43. The van der Waals surface area contributed by atoms with Crippen LogP contribution in [-0.2, 0) is 14.4 Å². The minimum absolute atomic E-state index is 0.110. The zero-order valence-corrected chi connectivity index (χ0v) is 18.1. The number of fused-ring (bicyclic) bond motifs is 1. The first-order valence-corrected chi connectivity index (χ1v) is 10.4. The summed E-state index contributed by atoms with van der Waals surface area (Å²) in [6.45, 7) is 4.36. The molecule has 1 aliphatic rings. The van der Waals surface area contributed by atoms with Crippen molar-refractivity contribution in [1.82, 2.24) is 10.2 Å². The van der Waals surface area contributed by atoms with Crippen molar-refractivity contribution in [2.75, 3.05) is 43.0 Å². The van der Waals surface area contributed by atoms with Gasteiger partial charge in [0.05, 0.1) is 12.2 Å². The molecule has 2 N–H and O–H groups in total. The van der Waals surface area contributed by atoms with E-state index < -0.39 is 5.91 Å². The maximum atomic E-state index is 12.5. The topological polar surface area (TPSA) is 108 Å². The van der Waals surface area contributed by atoms with Crippen molar-refractivity contribution in [1.29, 1.82) is 0 Å². The lowest BCUT2D eigenvalue weighted by atomic mass is 10.2. The highest BCUT2D eigenvalue weighted by molar-refractivity contribution is 6.04. The molecule has 0 atom stereocenters. The molecule has 1 heterocycles. The number of rotatable bonds is 8. The quantitative estimate of drug-likeness (QED) is 0.652. The monoisotopic (exact) mass is 438 g/mol.